The van der Waals surface area contributed by atoms with Crippen molar-refractivity contribution in [1.29, 1.82) is 0 Å². The molecule has 1 atom stereocenters. The molecular weight excluding hydrogens is 296 g/mol. The summed E-state index contributed by atoms with van der Waals surface area (Å²) in [6, 6.07) is 6.36. The van der Waals surface area contributed by atoms with Crippen LogP contribution in [-0.2, 0) is 14.3 Å². The van der Waals surface area contributed by atoms with Crippen LogP contribution in [0.25, 0.3) is 10.9 Å². The Labute approximate surface area is 134 Å². The number of hydrogen-bond acceptors (Lipinski definition) is 4. The number of benzene rings is 1. The molecule has 0 aliphatic carbocycles. The Morgan fingerprint density at radius 2 is 1.91 bits per heavy atom. The fourth-order valence-corrected chi connectivity index (χ4v) is 2.32. The summed E-state index contributed by atoms with van der Waals surface area (Å²) in [5, 5.41) is 3.15. The lowest BCUT2D eigenvalue weighted by atomic mass is 10.0. The average Bonchev–Trinajstić information content (AvgIpc) is 2.95. The summed E-state index contributed by atoms with van der Waals surface area (Å²) in [7, 11) is 0. The van der Waals surface area contributed by atoms with Crippen molar-refractivity contribution in [2.75, 3.05) is 6.61 Å². The standard InChI is InChI=1S/C17H20N2O4/c1-4-23-17(22)14(10(2)3)19-16(21)15(20)12-9-18-13-8-6-5-7-11(12)13/h5-10,14,18H,4H2,1-3H3,(H,19,21). The molecule has 0 saturated carbocycles. The highest BCUT2D eigenvalue weighted by molar-refractivity contribution is 6.45. The lowest BCUT2D eigenvalue weighted by molar-refractivity contribution is -0.148. The van der Waals surface area contributed by atoms with Gasteiger partial charge in [-0.1, -0.05) is 32.0 Å². The topological polar surface area (TPSA) is 88.3 Å². The van der Waals surface area contributed by atoms with Crippen LogP contribution in [0.15, 0.2) is 30.5 Å². The zero-order valence-corrected chi connectivity index (χ0v) is 13.4. The van der Waals surface area contributed by atoms with Gasteiger partial charge in [0.15, 0.2) is 0 Å². The molecule has 1 aromatic heterocycles. The van der Waals surface area contributed by atoms with Crippen molar-refractivity contribution in [2.24, 2.45) is 5.92 Å². The van der Waals surface area contributed by atoms with E-state index in [1.165, 1.54) is 6.20 Å². The van der Waals surface area contributed by atoms with E-state index in [1.807, 2.05) is 12.1 Å². The lowest BCUT2D eigenvalue weighted by Gasteiger charge is -2.19. The van der Waals surface area contributed by atoms with E-state index in [4.69, 9.17) is 4.74 Å². The first kappa shape index (κ1) is 16.7. The average molecular weight is 316 g/mol. The van der Waals surface area contributed by atoms with Gasteiger partial charge < -0.3 is 15.0 Å². The molecule has 6 heteroatoms. The summed E-state index contributed by atoms with van der Waals surface area (Å²) >= 11 is 0. The third-order valence-electron chi connectivity index (χ3n) is 3.53. The van der Waals surface area contributed by atoms with E-state index in [0.717, 1.165) is 5.52 Å². The number of hydrogen-bond donors (Lipinski definition) is 2. The number of aromatic nitrogens is 1. The van der Waals surface area contributed by atoms with Gasteiger partial charge >= 0.3 is 5.97 Å². The molecule has 0 aliphatic rings. The first-order valence-corrected chi connectivity index (χ1v) is 7.53. The van der Waals surface area contributed by atoms with Gasteiger partial charge in [-0.2, -0.15) is 0 Å². The van der Waals surface area contributed by atoms with E-state index in [9.17, 15) is 14.4 Å². The fraction of sp³-hybridized carbons (Fsp3) is 0.353. The minimum Gasteiger partial charge on any atom is -0.464 e. The normalized spacial score (nSPS) is 12.2. The number of amides is 1. The van der Waals surface area contributed by atoms with Crippen molar-refractivity contribution in [3.8, 4) is 0 Å². The molecule has 23 heavy (non-hydrogen) atoms. The van der Waals surface area contributed by atoms with Crippen molar-refractivity contribution in [3.63, 3.8) is 0 Å². The van der Waals surface area contributed by atoms with Crippen LogP contribution in [0.2, 0.25) is 0 Å². The maximum atomic E-state index is 12.4. The number of aromatic amines is 1. The maximum absolute atomic E-state index is 12.4. The Morgan fingerprint density at radius 3 is 2.57 bits per heavy atom. The van der Waals surface area contributed by atoms with E-state index < -0.39 is 23.7 Å². The summed E-state index contributed by atoms with van der Waals surface area (Å²) in [6.45, 7) is 5.46. The fourth-order valence-electron chi connectivity index (χ4n) is 2.32. The number of H-pyrrole nitrogens is 1. The van der Waals surface area contributed by atoms with Gasteiger partial charge in [-0.15, -0.1) is 0 Å². The number of para-hydroxylation sites is 1. The number of esters is 1. The second-order valence-corrected chi connectivity index (χ2v) is 5.52. The van der Waals surface area contributed by atoms with Gasteiger partial charge in [0, 0.05) is 17.1 Å². The monoisotopic (exact) mass is 316 g/mol. The van der Waals surface area contributed by atoms with Crippen LogP contribution < -0.4 is 5.32 Å². The highest BCUT2D eigenvalue weighted by Crippen LogP contribution is 2.18. The van der Waals surface area contributed by atoms with Gasteiger partial charge in [-0.3, -0.25) is 9.59 Å². The lowest BCUT2D eigenvalue weighted by Crippen LogP contribution is -2.47. The van der Waals surface area contributed by atoms with Crippen molar-refractivity contribution in [2.45, 2.75) is 26.8 Å². The molecule has 1 unspecified atom stereocenters. The molecule has 0 aliphatic heterocycles. The van der Waals surface area contributed by atoms with Crippen LogP contribution in [0.1, 0.15) is 31.1 Å². The van der Waals surface area contributed by atoms with E-state index >= 15 is 0 Å². The zero-order chi connectivity index (χ0) is 17.0. The van der Waals surface area contributed by atoms with E-state index in [1.54, 1.807) is 32.9 Å². The molecule has 0 radical (unpaired) electrons. The number of rotatable bonds is 6. The highest BCUT2D eigenvalue weighted by Gasteiger charge is 2.29. The summed E-state index contributed by atoms with van der Waals surface area (Å²) < 4.78 is 4.94. The first-order chi connectivity index (χ1) is 11.0. The highest BCUT2D eigenvalue weighted by atomic mass is 16.5. The summed E-state index contributed by atoms with van der Waals surface area (Å²) in [6.07, 6.45) is 1.50. The van der Waals surface area contributed by atoms with Crippen LogP contribution in [0, 0.1) is 5.92 Å². The number of fused-ring (bicyclic) bond motifs is 1. The number of ketones is 1. The van der Waals surface area contributed by atoms with E-state index in [-0.39, 0.29) is 18.1 Å². The molecule has 0 spiro atoms. The molecule has 6 nitrogen and oxygen atoms in total. The van der Waals surface area contributed by atoms with Gasteiger partial charge in [0.05, 0.1) is 12.2 Å². The van der Waals surface area contributed by atoms with Gasteiger partial charge in [0.25, 0.3) is 11.7 Å². The Morgan fingerprint density at radius 1 is 1.22 bits per heavy atom. The molecule has 0 bridgehead atoms. The number of Topliss-reactive ketones (excluding diaryl/α,β-unsaturated/α-hetero) is 1. The molecule has 2 aromatic rings. The van der Waals surface area contributed by atoms with Crippen LogP contribution in [-0.4, -0.2) is 35.3 Å². The number of carbonyl (C=O) groups excluding carboxylic acids is 3. The number of nitrogens with one attached hydrogen (secondary N) is 2. The SMILES string of the molecule is CCOC(=O)C(NC(=O)C(=O)c1c[nH]c2ccccc12)C(C)C. The molecule has 0 fully saturated rings. The molecule has 0 saturated heterocycles. The smallest absolute Gasteiger partial charge is 0.328 e. The van der Waals surface area contributed by atoms with Crippen molar-refractivity contribution >= 4 is 28.6 Å². The number of ether oxygens (including phenoxy) is 1. The predicted octanol–water partition coefficient (Wildman–Crippen LogP) is 2.05. The summed E-state index contributed by atoms with van der Waals surface area (Å²) in [4.78, 5) is 39.4. The molecule has 2 rings (SSSR count). The Bertz CT molecular complexity index is 733. The van der Waals surface area contributed by atoms with Crippen molar-refractivity contribution < 1.29 is 19.1 Å². The largest absolute Gasteiger partial charge is 0.464 e. The van der Waals surface area contributed by atoms with Gasteiger partial charge in [-0.25, -0.2) is 4.79 Å². The van der Waals surface area contributed by atoms with E-state index in [0.29, 0.717) is 5.39 Å². The van der Waals surface area contributed by atoms with Crippen LogP contribution in [0.3, 0.4) is 0 Å². The van der Waals surface area contributed by atoms with Crippen molar-refractivity contribution in [3.05, 3.63) is 36.0 Å². The third-order valence-corrected chi connectivity index (χ3v) is 3.53. The van der Waals surface area contributed by atoms with Crippen molar-refractivity contribution in [1.82, 2.24) is 10.3 Å². The molecule has 1 aromatic carbocycles. The van der Waals surface area contributed by atoms with Crippen LogP contribution >= 0.6 is 0 Å². The van der Waals surface area contributed by atoms with Crippen LogP contribution in [0.5, 0.6) is 0 Å². The Hall–Kier alpha value is -2.63. The molecule has 122 valence electrons. The molecular formula is C17H20N2O4. The van der Waals surface area contributed by atoms with Gasteiger partial charge in [0.1, 0.15) is 6.04 Å². The summed E-state index contributed by atoms with van der Waals surface area (Å²) in [5.74, 6) is -2.23. The van der Waals surface area contributed by atoms with Crippen LogP contribution in [0.4, 0.5) is 0 Å². The minimum atomic E-state index is -0.850. The molecule has 1 heterocycles. The third kappa shape index (κ3) is 3.59. The Balaban J connectivity index is 2.19. The second kappa shape index (κ2) is 7.09. The second-order valence-electron chi connectivity index (χ2n) is 5.52. The molecule has 1 amide bonds. The Kier molecular flexibility index (Phi) is 5.16. The molecule has 2 N–H and O–H groups in total. The predicted molar refractivity (Wildman–Crippen MR) is 86.0 cm³/mol. The summed E-state index contributed by atoms with van der Waals surface area (Å²) in [5.41, 5.74) is 1.05. The van der Waals surface area contributed by atoms with Gasteiger partial charge in [-0.05, 0) is 18.9 Å². The maximum Gasteiger partial charge on any atom is 0.328 e. The minimum absolute atomic E-state index is 0.186. The first-order valence-electron chi connectivity index (χ1n) is 7.53. The van der Waals surface area contributed by atoms with E-state index in [2.05, 4.69) is 10.3 Å². The number of carbonyl (C=O) groups is 3. The zero-order valence-electron chi connectivity index (χ0n) is 13.4. The quantitative estimate of drug-likeness (QED) is 0.485. The van der Waals surface area contributed by atoms with Gasteiger partial charge in [0.2, 0.25) is 0 Å².